The number of phenolic OH excluding ortho intramolecular Hbond substituents is 1. The quantitative estimate of drug-likeness (QED) is 0.147. The number of benzene rings is 2. The molecule has 5 heterocycles. The van der Waals surface area contributed by atoms with Crippen LogP contribution >= 0.6 is 0 Å². The van der Waals surface area contributed by atoms with Gasteiger partial charge in [0.15, 0.2) is 0 Å². The Morgan fingerprint density at radius 2 is 1.75 bits per heavy atom. The lowest BCUT2D eigenvalue weighted by Gasteiger charge is -2.36. The number of piperazine rings is 1. The Hall–Kier alpha value is -4.98. The maximum atomic E-state index is 14.5. The number of anilines is 1. The Labute approximate surface area is 372 Å². The lowest BCUT2D eigenvalue weighted by atomic mass is 9.83. The van der Waals surface area contributed by atoms with Crippen LogP contribution in [0.25, 0.3) is 33.3 Å². The van der Waals surface area contributed by atoms with Crippen molar-refractivity contribution in [2.24, 2.45) is 11.3 Å². The third-order valence-corrected chi connectivity index (χ3v) is 13.9. The van der Waals surface area contributed by atoms with Crippen molar-refractivity contribution in [3.63, 3.8) is 0 Å². The Kier molecular flexibility index (Phi) is 13.2. The highest BCUT2D eigenvalue weighted by Crippen LogP contribution is 2.43. The molecule has 2 amide bonds. The van der Waals surface area contributed by atoms with Crippen molar-refractivity contribution in [1.82, 2.24) is 35.5 Å². The molecule has 8 rings (SSSR count). The van der Waals surface area contributed by atoms with E-state index in [-0.39, 0.29) is 42.4 Å². The molecule has 2 saturated heterocycles. The van der Waals surface area contributed by atoms with E-state index in [4.69, 9.17) is 9.72 Å². The minimum absolute atomic E-state index is 0.0778. The summed E-state index contributed by atoms with van der Waals surface area (Å²) in [6.45, 7) is 16.0. The van der Waals surface area contributed by atoms with E-state index in [9.17, 15) is 19.5 Å². The van der Waals surface area contributed by atoms with Gasteiger partial charge < -0.3 is 34.8 Å². The number of amides is 2. The van der Waals surface area contributed by atoms with Crippen LogP contribution in [0.5, 0.6) is 5.75 Å². The van der Waals surface area contributed by atoms with Gasteiger partial charge in [-0.1, -0.05) is 52.7 Å². The van der Waals surface area contributed by atoms with Crippen LogP contribution in [0.4, 0.5) is 5.69 Å². The highest BCUT2D eigenvalue weighted by molar-refractivity contribution is 5.96. The first-order valence-corrected chi connectivity index (χ1v) is 23.4. The number of hydrazine groups is 1. The van der Waals surface area contributed by atoms with Gasteiger partial charge in [-0.3, -0.25) is 24.4 Å². The molecule has 4 aromatic rings. The summed E-state index contributed by atoms with van der Waals surface area (Å²) in [5.41, 5.74) is 11.8. The summed E-state index contributed by atoms with van der Waals surface area (Å²) in [4.78, 5) is 52.5. The summed E-state index contributed by atoms with van der Waals surface area (Å²) in [6, 6.07) is 12.2. The second-order valence-corrected chi connectivity index (χ2v) is 19.6. The number of esters is 1. The highest BCUT2D eigenvalue weighted by atomic mass is 16.5. The summed E-state index contributed by atoms with van der Waals surface area (Å²) < 4.78 is 8.60. The zero-order chi connectivity index (χ0) is 44.6. The molecule has 3 aliphatic heterocycles. The molecule has 6 bridgehead atoms. The molecule has 1 saturated carbocycles. The normalized spacial score (nSPS) is 22.0. The van der Waals surface area contributed by atoms with Crippen molar-refractivity contribution >= 4 is 34.4 Å². The molecule has 63 heavy (non-hydrogen) atoms. The molecule has 4 aliphatic rings. The van der Waals surface area contributed by atoms with Gasteiger partial charge >= 0.3 is 5.97 Å². The number of pyridine rings is 1. The van der Waals surface area contributed by atoms with Crippen molar-refractivity contribution in [1.29, 1.82) is 0 Å². The fourth-order valence-electron chi connectivity index (χ4n) is 10.5. The van der Waals surface area contributed by atoms with E-state index in [1.54, 1.807) is 19.2 Å². The number of aromatic hydroxyl groups is 1. The van der Waals surface area contributed by atoms with Crippen LogP contribution < -0.4 is 21.0 Å². The van der Waals surface area contributed by atoms with Crippen LogP contribution in [0.1, 0.15) is 95.9 Å². The molecular formula is C50H68N8O5. The number of hydrogen-bond donors (Lipinski definition) is 4. The Balaban J connectivity index is 1.27. The zero-order valence-corrected chi connectivity index (χ0v) is 38.4. The number of aromatic nitrogens is 2. The van der Waals surface area contributed by atoms with E-state index in [1.165, 1.54) is 5.01 Å². The van der Waals surface area contributed by atoms with Crippen LogP contribution in [-0.2, 0) is 38.5 Å². The highest BCUT2D eigenvalue weighted by Gasteiger charge is 2.37. The van der Waals surface area contributed by atoms with Gasteiger partial charge in [-0.2, -0.15) is 0 Å². The molecule has 0 unspecified atom stereocenters. The lowest BCUT2D eigenvalue weighted by Crippen LogP contribution is -2.61. The van der Waals surface area contributed by atoms with Crippen LogP contribution in [0.15, 0.2) is 48.7 Å². The number of likely N-dealkylation sites (N-methyl/N-ethyl adjacent to an activating group) is 2. The average Bonchev–Trinajstić information content (AvgIpc) is 3.91. The fourth-order valence-corrected chi connectivity index (χ4v) is 10.5. The topological polar surface area (TPSA) is 144 Å². The maximum absolute atomic E-state index is 14.5. The van der Waals surface area contributed by atoms with E-state index in [1.807, 2.05) is 12.3 Å². The maximum Gasteiger partial charge on any atom is 0.324 e. The number of rotatable bonds is 8. The summed E-state index contributed by atoms with van der Waals surface area (Å²) >= 11 is 0. The molecule has 338 valence electrons. The van der Waals surface area contributed by atoms with Gasteiger partial charge in [-0.05, 0) is 118 Å². The molecule has 1 aliphatic carbocycles. The first-order chi connectivity index (χ1) is 30.2. The molecule has 0 radical (unpaired) electrons. The molecule has 0 spiro atoms. The molecule has 13 heteroatoms. The Morgan fingerprint density at radius 1 is 0.984 bits per heavy atom. The number of carbonyl (C=O) groups excluding carboxylic acids is 3. The standard InChI is InChI=1S/C50H68N8O5/c1-8-57-43-16-15-34-26-38(43)40(46(57)39-27-36(29-52-44(39)31(2)3)56-20-18-55(7)19-21-56)28-50(4,5)30-63-49(62)41-14-11-17-58(54-41)48(61)42(24-32-22-35(34)25-37(59)23-32)53-47(60)45(51-6)33-12-9-10-13-33/h15-16,22-23,25-27,29,31,33,41-42,45,51,54,59H,8-14,17-21,24,28,30H2,1-7H3,(H,53,60)/t41-,42-,45-/m0/s1. The second kappa shape index (κ2) is 18.6. The smallest absolute Gasteiger partial charge is 0.324 e. The number of nitrogens with one attached hydrogen (secondary N) is 3. The van der Waals surface area contributed by atoms with Crippen molar-refractivity contribution in [2.45, 2.75) is 117 Å². The van der Waals surface area contributed by atoms with Crippen molar-refractivity contribution in [2.75, 3.05) is 58.3 Å². The largest absolute Gasteiger partial charge is 0.508 e. The number of nitrogens with zero attached hydrogens (tertiary/aromatic N) is 5. The number of cyclic esters (lactones) is 1. The molecule has 4 N–H and O–H groups in total. The predicted molar refractivity (Wildman–Crippen MR) is 248 cm³/mol. The van der Waals surface area contributed by atoms with Crippen LogP contribution in [0, 0.1) is 11.3 Å². The van der Waals surface area contributed by atoms with Crippen LogP contribution in [0.3, 0.4) is 0 Å². The fraction of sp³-hybridized carbons (Fsp3) is 0.560. The van der Waals surface area contributed by atoms with Gasteiger partial charge in [0.25, 0.3) is 5.91 Å². The molecule has 2 aromatic heterocycles. The summed E-state index contributed by atoms with van der Waals surface area (Å²) in [6.07, 6.45) is 7.98. The van der Waals surface area contributed by atoms with Crippen molar-refractivity contribution < 1.29 is 24.2 Å². The third kappa shape index (κ3) is 9.47. The van der Waals surface area contributed by atoms with Gasteiger partial charge in [0.2, 0.25) is 5.91 Å². The second-order valence-electron chi connectivity index (χ2n) is 19.6. The predicted octanol–water partition coefficient (Wildman–Crippen LogP) is 6.40. The third-order valence-electron chi connectivity index (χ3n) is 13.9. The first kappa shape index (κ1) is 44.6. The molecular weight excluding hydrogens is 793 g/mol. The Morgan fingerprint density at radius 3 is 2.46 bits per heavy atom. The van der Waals surface area contributed by atoms with E-state index >= 15 is 0 Å². The SMILES string of the molecule is CCn1c(-c2cc(N3CCN(C)CC3)cnc2C(C)C)c2c3cc(ccc31)-c1cc(O)cc(c1)C[C@H](NC(=O)[C@@H](NC)C1CCCC1)C(=O)N1CCC[C@H](N1)C(=O)OCC(C)(C)C2. The van der Waals surface area contributed by atoms with E-state index < -0.39 is 29.5 Å². The number of hydrogen-bond acceptors (Lipinski definition) is 10. The van der Waals surface area contributed by atoms with Gasteiger partial charge in [0.05, 0.1) is 35.9 Å². The number of carbonyl (C=O) groups is 3. The van der Waals surface area contributed by atoms with E-state index in [0.29, 0.717) is 31.4 Å². The molecule has 3 fully saturated rings. The van der Waals surface area contributed by atoms with Gasteiger partial charge in [0.1, 0.15) is 17.8 Å². The van der Waals surface area contributed by atoms with Crippen LogP contribution in [-0.4, -0.2) is 114 Å². The number of fused-ring (bicyclic) bond motifs is 6. The zero-order valence-electron chi connectivity index (χ0n) is 38.4. The summed E-state index contributed by atoms with van der Waals surface area (Å²) in [5.74, 6) is -0.527. The van der Waals surface area contributed by atoms with Gasteiger partial charge in [-0.25, -0.2) is 5.43 Å². The summed E-state index contributed by atoms with van der Waals surface area (Å²) in [7, 11) is 3.97. The molecule has 13 nitrogen and oxygen atoms in total. The van der Waals surface area contributed by atoms with Gasteiger partial charge in [0, 0.05) is 67.6 Å². The number of ether oxygens (including phenoxy) is 1. The van der Waals surface area contributed by atoms with Crippen molar-refractivity contribution in [3.05, 3.63) is 65.5 Å². The monoisotopic (exact) mass is 861 g/mol. The molecule has 3 atom stereocenters. The Bertz CT molecular complexity index is 2320. The minimum atomic E-state index is -0.954. The first-order valence-electron chi connectivity index (χ1n) is 23.4. The number of aryl methyl sites for hydroxylation is 1. The molecule has 2 aromatic carbocycles. The lowest BCUT2D eigenvalue weighted by molar-refractivity contribution is -0.155. The van der Waals surface area contributed by atoms with Gasteiger partial charge in [-0.15, -0.1) is 0 Å². The van der Waals surface area contributed by atoms with E-state index in [0.717, 1.165) is 109 Å². The summed E-state index contributed by atoms with van der Waals surface area (Å²) in [5, 5.41) is 20.2. The van der Waals surface area contributed by atoms with Crippen molar-refractivity contribution in [3.8, 4) is 28.1 Å². The minimum Gasteiger partial charge on any atom is -0.508 e. The average molecular weight is 861 g/mol. The number of phenols is 1. The van der Waals surface area contributed by atoms with Crippen LogP contribution in [0.2, 0.25) is 0 Å². The van der Waals surface area contributed by atoms with E-state index in [2.05, 4.69) is 96.4 Å².